The van der Waals surface area contributed by atoms with Crippen molar-refractivity contribution in [3.8, 4) is 0 Å². The third kappa shape index (κ3) is 67.6. The van der Waals surface area contributed by atoms with Crippen molar-refractivity contribution in [3.63, 3.8) is 0 Å². The molecule has 0 spiro atoms. The molecule has 0 bridgehead atoms. The first kappa shape index (κ1) is 78.8. The first-order valence-electron chi connectivity index (χ1n) is 35.9. The minimum Gasteiger partial charge on any atom is -0.462 e. The average Bonchev–Trinajstić information content (AvgIpc) is 3.47. The highest BCUT2D eigenvalue weighted by Crippen LogP contribution is 2.18. The maximum absolute atomic E-state index is 12.9. The van der Waals surface area contributed by atoms with Gasteiger partial charge < -0.3 is 14.2 Å². The van der Waals surface area contributed by atoms with Crippen LogP contribution in [-0.2, 0) is 28.6 Å². The van der Waals surface area contributed by atoms with Crippen LogP contribution in [0.3, 0.4) is 0 Å². The van der Waals surface area contributed by atoms with Gasteiger partial charge in [-0.25, -0.2) is 0 Å². The Bertz CT molecular complexity index is 1500. The zero-order valence-corrected chi connectivity index (χ0v) is 54.8. The fraction of sp³-hybridized carbons (Fsp3) is 0.803. The molecule has 6 nitrogen and oxygen atoms in total. The minimum atomic E-state index is -0.814. The van der Waals surface area contributed by atoms with Gasteiger partial charge in [0, 0.05) is 12.8 Å². The summed E-state index contributed by atoms with van der Waals surface area (Å²) >= 11 is 0. The summed E-state index contributed by atoms with van der Waals surface area (Å²) in [5.74, 6) is -1.01. The molecule has 0 aromatic heterocycles. The van der Waals surface area contributed by atoms with E-state index in [1.165, 1.54) is 263 Å². The van der Waals surface area contributed by atoms with Crippen LogP contribution in [0.1, 0.15) is 374 Å². The van der Waals surface area contributed by atoms with Crippen LogP contribution in [0.25, 0.3) is 0 Å². The van der Waals surface area contributed by atoms with E-state index < -0.39 is 12.1 Å². The van der Waals surface area contributed by atoms with Crippen LogP contribution < -0.4 is 0 Å². The van der Waals surface area contributed by atoms with Crippen molar-refractivity contribution in [2.45, 2.75) is 380 Å². The van der Waals surface area contributed by atoms with Gasteiger partial charge in [0.05, 0.1) is 6.42 Å². The third-order valence-corrected chi connectivity index (χ3v) is 16.0. The van der Waals surface area contributed by atoms with Gasteiger partial charge in [-0.3, -0.25) is 14.4 Å². The lowest BCUT2D eigenvalue weighted by molar-refractivity contribution is -0.166. The zero-order chi connectivity index (χ0) is 59.2. The molecule has 0 saturated heterocycles. The Kier molecular flexibility index (Phi) is 67.6. The molecular formula is C76H136O6. The summed E-state index contributed by atoms with van der Waals surface area (Å²) in [6.45, 7) is 6.50. The van der Waals surface area contributed by atoms with Gasteiger partial charge >= 0.3 is 17.9 Å². The van der Waals surface area contributed by atoms with Gasteiger partial charge in [-0.15, -0.1) is 0 Å². The lowest BCUT2D eigenvalue weighted by Crippen LogP contribution is -2.30. The number of hydrogen-bond acceptors (Lipinski definition) is 6. The maximum atomic E-state index is 12.9. The summed E-state index contributed by atoms with van der Waals surface area (Å²) in [5, 5.41) is 0. The van der Waals surface area contributed by atoms with Gasteiger partial charge in [0.25, 0.3) is 0 Å². The molecule has 0 rings (SSSR count). The minimum absolute atomic E-state index is 0.100. The van der Waals surface area contributed by atoms with Crippen LogP contribution >= 0.6 is 0 Å². The van der Waals surface area contributed by atoms with Crippen molar-refractivity contribution in [2.24, 2.45) is 0 Å². The predicted molar refractivity (Wildman–Crippen MR) is 358 cm³/mol. The Labute approximate surface area is 510 Å². The standard InChI is InChI=1S/C76H136O6/c1-4-7-10-13-16-19-22-25-28-30-32-33-34-35-36-37-38-39-40-41-42-43-44-46-48-51-54-57-60-63-66-69-75(78)81-72-73(71-80-74(77)68-65-62-59-56-53-50-47-27-24-21-18-15-12-9-6-3)82-76(79)70-67-64-61-58-55-52-49-45-31-29-26-23-20-17-14-11-8-5-2/h9,12,18,21,27,30,32,47,53,56,62,65,73H,4-8,10-11,13-17,19-20,22-26,28-29,31,33-46,48-52,54-55,57-61,63-64,66-72H2,1-3H3/b12-9-,21-18-,32-30-,47-27-,56-53-,65-62-. The number of rotatable bonds is 66. The molecule has 0 aliphatic carbocycles. The third-order valence-electron chi connectivity index (χ3n) is 16.0. The number of ether oxygens (including phenoxy) is 3. The van der Waals surface area contributed by atoms with E-state index in [0.29, 0.717) is 12.8 Å². The molecule has 0 N–H and O–H groups in total. The van der Waals surface area contributed by atoms with Crippen molar-refractivity contribution in [2.75, 3.05) is 13.2 Å². The van der Waals surface area contributed by atoms with Crippen LogP contribution in [0.5, 0.6) is 0 Å². The van der Waals surface area contributed by atoms with E-state index in [-0.39, 0.29) is 31.6 Å². The highest BCUT2D eigenvalue weighted by Gasteiger charge is 2.19. The highest BCUT2D eigenvalue weighted by atomic mass is 16.6. The van der Waals surface area contributed by atoms with Gasteiger partial charge in [0.1, 0.15) is 13.2 Å². The van der Waals surface area contributed by atoms with Crippen LogP contribution in [-0.4, -0.2) is 37.2 Å². The Morgan fingerprint density at radius 1 is 0.268 bits per heavy atom. The van der Waals surface area contributed by atoms with Gasteiger partial charge in [0.15, 0.2) is 6.10 Å². The molecule has 0 aromatic rings. The second-order valence-corrected chi connectivity index (χ2v) is 24.1. The molecule has 0 fully saturated rings. The topological polar surface area (TPSA) is 78.9 Å². The highest BCUT2D eigenvalue weighted by molar-refractivity contribution is 5.72. The van der Waals surface area contributed by atoms with Crippen molar-refractivity contribution in [3.05, 3.63) is 72.9 Å². The summed E-state index contributed by atoms with van der Waals surface area (Å²) in [5.41, 5.74) is 0. The molecule has 0 radical (unpaired) electrons. The van der Waals surface area contributed by atoms with Crippen LogP contribution in [0.2, 0.25) is 0 Å². The van der Waals surface area contributed by atoms with Crippen molar-refractivity contribution >= 4 is 17.9 Å². The van der Waals surface area contributed by atoms with Crippen molar-refractivity contribution in [1.82, 2.24) is 0 Å². The molecular weight excluding hydrogens is 1010 g/mol. The molecule has 0 saturated carbocycles. The fourth-order valence-electron chi connectivity index (χ4n) is 10.6. The van der Waals surface area contributed by atoms with Crippen LogP contribution in [0.15, 0.2) is 72.9 Å². The van der Waals surface area contributed by atoms with E-state index in [1.54, 1.807) is 0 Å². The van der Waals surface area contributed by atoms with Gasteiger partial charge in [0.2, 0.25) is 0 Å². The van der Waals surface area contributed by atoms with E-state index in [9.17, 15) is 14.4 Å². The SMILES string of the molecule is CC/C=C\C/C=C\C/C=C\C/C=C\C/C=C\CC(=O)OCC(COC(=O)CCCCCCCCCCCCCCCCCCCCC/C=C\CCCCCCCCCC)OC(=O)CCCCCCCCCCCCCCCCCCCC. The molecule has 0 aliphatic heterocycles. The smallest absolute Gasteiger partial charge is 0.309 e. The monoisotopic (exact) mass is 1150 g/mol. The summed E-state index contributed by atoms with van der Waals surface area (Å²) in [4.78, 5) is 38.3. The molecule has 1 atom stereocenters. The average molecular weight is 1150 g/mol. The second-order valence-electron chi connectivity index (χ2n) is 24.1. The van der Waals surface area contributed by atoms with E-state index in [0.717, 1.165) is 70.6 Å². The van der Waals surface area contributed by atoms with Gasteiger partial charge in [-0.1, -0.05) is 357 Å². The summed E-state index contributed by atoms with van der Waals surface area (Å²) in [7, 11) is 0. The number of unbranched alkanes of at least 4 members (excludes halogenated alkanes) is 44. The predicted octanol–water partition coefficient (Wildman–Crippen LogP) is 24.8. The van der Waals surface area contributed by atoms with Crippen LogP contribution in [0.4, 0.5) is 0 Å². The van der Waals surface area contributed by atoms with Gasteiger partial charge in [-0.05, 0) is 70.6 Å². The number of carbonyl (C=O) groups excluding carboxylic acids is 3. The molecule has 82 heavy (non-hydrogen) atoms. The lowest BCUT2D eigenvalue weighted by Gasteiger charge is -2.18. The molecule has 1 unspecified atom stereocenters. The zero-order valence-electron chi connectivity index (χ0n) is 54.8. The number of allylic oxidation sites excluding steroid dienone is 11. The normalized spacial score (nSPS) is 12.5. The molecule has 0 aliphatic rings. The first-order valence-corrected chi connectivity index (χ1v) is 35.9. The number of hydrogen-bond donors (Lipinski definition) is 0. The Morgan fingerprint density at radius 3 is 0.841 bits per heavy atom. The van der Waals surface area contributed by atoms with E-state index in [4.69, 9.17) is 14.2 Å². The summed E-state index contributed by atoms with van der Waals surface area (Å²) in [6.07, 6.45) is 92.6. The van der Waals surface area contributed by atoms with E-state index in [2.05, 4.69) is 81.5 Å². The largest absolute Gasteiger partial charge is 0.462 e. The Balaban J connectivity index is 4.23. The fourth-order valence-corrected chi connectivity index (χ4v) is 10.6. The second kappa shape index (κ2) is 70.3. The quantitative estimate of drug-likeness (QED) is 0.0261. The Hall–Kier alpha value is -3.15. The van der Waals surface area contributed by atoms with Crippen LogP contribution in [0, 0.1) is 0 Å². The first-order chi connectivity index (χ1) is 40.5. The molecule has 0 heterocycles. The molecule has 0 aromatic carbocycles. The number of esters is 3. The summed E-state index contributed by atoms with van der Waals surface area (Å²) < 4.78 is 16.9. The van der Waals surface area contributed by atoms with E-state index >= 15 is 0 Å². The van der Waals surface area contributed by atoms with Gasteiger partial charge in [-0.2, -0.15) is 0 Å². The molecule has 476 valence electrons. The van der Waals surface area contributed by atoms with E-state index in [1.807, 2.05) is 12.2 Å². The molecule has 6 heteroatoms. The Morgan fingerprint density at radius 2 is 0.524 bits per heavy atom. The summed E-state index contributed by atoms with van der Waals surface area (Å²) in [6, 6.07) is 0. The lowest BCUT2D eigenvalue weighted by atomic mass is 10.0. The number of carbonyl (C=O) groups is 3. The molecule has 0 amide bonds. The maximum Gasteiger partial charge on any atom is 0.309 e. The van der Waals surface area contributed by atoms with Crippen molar-refractivity contribution in [1.29, 1.82) is 0 Å². The van der Waals surface area contributed by atoms with Crippen molar-refractivity contribution < 1.29 is 28.6 Å².